The van der Waals surface area contributed by atoms with Crippen molar-refractivity contribution in [3.8, 4) is 11.3 Å². The molecule has 0 aliphatic heterocycles. The van der Waals surface area contributed by atoms with E-state index in [4.69, 9.17) is 28.2 Å². The van der Waals surface area contributed by atoms with Gasteiger partial charge >= 0.3 is 0 Å². The smallest absolute Gasteiger partial charge is 0.272 e. The van der Waals surface area contributed by atoms with Gasteiger partial charge in [0.1, 0.15) is 10.9 Å². The minimum atomic E-state index is -0.595. The molecule has 0 radical (unpaired) electrons. The van der Waals surface area contributed by atoms with Crippen molar-refractivity contribution in [2.75, 3.05) is 10.6 Å². The van der Waals surface area contributed by atoms with Crippen LogP contribution in [0.15, 0.2) is 162 Å². The third-order valence-corrected chi connectivity index (χ3v) is 11.0. The van der Waals surface area contributed by atoms with E-state index < -0.39 is 17.1 Å². The van der Waals surface area contributed by atoms with Gasteiger partial charge in [-0.3, -0.25) is 14.4 Å². The minimum Gasteiger partial charge on any atom is -0.321 e. The van der Waals surface area contributed by atoms with E-state index in [1.807, 2.05) is 66.0 Å². The summed E-state index contributed by atoms with van der Waals surface area (Å²) in [6, 6.07) is 44.5. The average molecular weight is 786 g/mol. The van der Waals surface area contributed by atoms with E-state index >= 15 is 0 Å². The number of thioether (sulfide) groups is 1. The number of benzene rings is 6. The molecule has 0 fully saturated rings. The van der Waals surface area contributed by atoms with Crippen LogP contribution in [0.5, 0.6) is 0 Å². The van der Waals surface area contributed by atoms with Crippen molar-refractivity contribution in [3.05, 3.63) is 183 Å². The van der Waals surface area contributed by atoms with Crippen molar-refractivity contribution < 1.29 is 14.4 Å². The molecule has 3 amide bonds. The van der Waals surface area contributed by atoms with E-state index in [1.54, 1.807) is 60.7 Å². The molecule has 7 nitrogen and oxygen atoms in total. The Bertz CT molecular complexity index is 2470. The molecular formula is C43H30Cl2N4O3S2. The zero-order valence-electron chi connectivity index (χ0n) is 28.3. The quantitative estimate of drug-likeness (QED) is 0.0896. The number of halogens is 2. The normalized spacial score (nSPS) is 11.9. The second-order valence-electron chi connectivity index (χ2n) is 12.0. The summed E-state index contributed by atoms with van der Waals surface area (Å²) in [7, 11) is 0. The van der Waals surface area contributed by atoms with Gasteiger partial charge in [0.15, 0.2) is 5.13 Å². The van der Waals surface area contributed by atoms with E-state index in [2.05, 4.69) is 40.2 Å². The summed E-state index contributed by atoms with van der Waals surface area (Å²) in [5, 5.41) is 13.3. The topological polar surface area (TPSA) is 100 Å². The zero-order chi connectivity index (χ0) is 37.4. The van der Waals surface area contributed by atoms with E-state index in [-0.39, 0.29) is 11.6 Å². The summed E-state index contributed by atoms with van der Waals surface area (Å²) in [6.07, 6.45) is 1.45. The SMILES string of the molecule is O=C(Nc1ccc(SC(C(=O)Nc2nc(-c3ccc4ccccc4c3)cs2)c2ccccc2)cc1)/C(=C/c1c(Cl)cccc1Cl)NC(=O)c1ccccc1. The molecule has 7 aromatic rings. The number of nitrogens with one attached hydrogen (secondary N) is 3. The number of amides is 3. The first kappa shape index (κ1) is 36.6. The fourth-order valence-corrected chi connectivity index (χ4v) is 7.82. The highest BCUT2D eigenvalue weighted by atomic mass is 35.5. The molecule has 1 aromatic heterocycles. The van der Waals surface area contributed by atoms with Gasteiger partial charge in [0.05, 0.1) is 5.69 Å². The van der Waals surface area contributed by atoms with Gasteiger partial charge in [-0.15, -0.1) is 23.1 Å². The number of hydrogen-bond donors (Lipinski definition) is 3. The molecule has 7 rings (SSSR count). The van der Waals surface area contributed by atoms with Crippen LogP contribution >= 0.6 is 46.3 Å². The van der Waals surface area contributed by atoms with Crippen LogP contribution in [-0.4, -0.2) is 22.7 Å². The van der Waals surface area contributed by atoms with Crippen LogP contribution in [0.2, 0.25) is 10.0 Å². The molecule has 1 atom stereocenters. The first-order chi connectivity index (χ1) is 26.3. The second-order valence-corrected chi connectivity index (χ2v) is 14.8. The molecule has 266 valence electrons. The number of rotatable bonds is 11. The van der Waals surface area contributed by atoms with Crippen molar-refractivity contribution in [1.29, 1.82) is 0 Å². The van der Waals surface area contributed by atoms with Crippen LogP contribution in [0.3, 0.4) is 0 Å². The van der Waals surface area contributed by atoms with Crippen LogP contribution in [0.25, 0.3) is 28.1 Å². The number of aromatic nitrogens is 1. The van der Waals surface area contributed by atoms with E-state index in [9.17, 15) is 14.4 Å². The molecule has 0 aliphatic carbocycles. The fraction of sp³-hybridized carbons (Fsp3) is 0.0233. The van der Waals surface area contributed by atoms with Crippen molar-refractivity contribution >= 4 is 91.7 Å². The number of thiazole rings is 1. The lowest BCUT2D eigenvalue weighted by atomic mass is 10.1. The lowest BCUT2D eigenvalue weighted by Crippen LogP contribution is -2.30. The number of hydrogen-bond acceptors (Lipinski definition) is 6. The molecule has 3 N–H and O–H groups in total. The van der Waals surface area contributed by atoms with E-state index in [0.717, 1.165) is 32.5 Å². The van der Waals surface area contributed by atoms with Gasteiger partial charge in [0.25, 0.3) is 11.8 Å². The molecule has 0 bridgehead atoms. The van der Waals surface area contributed by atoms with Crippen LogP contribution < -0.4 is 16.0 Å². The third kappa shape index (κ3) is 8.90. The Morgan fingerprint density at radius 1 is 0.704 bits per heavy atom. The Kier molecular flexibility index (Phi) is 11.5. The highest BCUT2D eigenvalue weighted by molar-refractivity contribution is 8.00. The Morgan fingerprint density at radius 3 is 2.09 bits per heavy atom. The maximum atomic E-state index is 13.8. The van der Waals surface area contributed by atoms with Crippen molar-refractivity contribution in [3.63, 3.8) is 0 Å². The van der Waals surface area contributed by atoms with Gasteiger partial charge in [0.2, 0.25) is 5.91 Å². The number of carbonyl (C=O) groups excluding carboxylic acids is 3. The van der Waals surface area contributed by atoms with E-state index in [1.165, 1.54) is 29.2 Å². The van der Waals surface area contributed by atoms with Gasteiger partial charge in [-0.1, -0.05) is 114 Å². The maximum absolute atomic E-state index is 13.8. The maximum Gasteiger partial charge on any atom is 0.272 e. The van der Waals surface area contributed by atoms with E-state index in [0.29, 0.717) is 32.0 Å². The largest absolute Gasteiger partial charge is 0.321 e. The highest BCUT2D eigenvalue weighted by Gasteiger charge is 2.24. The van der Waals surface area contributed by atoms with Gasteiger partial charge in [-0.25, -0.2) is 4.98 Å². The predicted octanol–water partition coefficient (Wildman–Crippen LogP) is 11.2. The van der Waals surface area contributed by atoms with Crippen LogP contribution in [0, 0.1) is 0 Å². The predicted molar refractivity (Wildman–Crippen MR) is 222 cm³/mol. The average Bonchev–Trinajstić information content (AvgIpc) is 3.67. The first-order valence-corrected chi connectivity index (χ1v) is 19.2. The fourth-order valence-electron chi connectivity index (χ4n) is 5.57. The molecule has 54 heavy (non-hydrogen) atoms. The summed E-state index contributed by atoms with van der Waals surface area (Å²) in [4.78, 5) is 46.1. The molecule has 0 saturated heterocycles. The molecule has 6 aromatic carbocycles. The second kappa shape index (κ2) is 17.0. The number of carbonyl (C=O) groups is 3. The molecule has 1 unspecified atom stereocenters. The van der Waals surface area contributed by atoms with Gasteiger partial charge in [0, 0.05) is 42.7 Å². The summed E-state index contributed by atoms with van der Waals surface area (Å²) in [5.74, 6) is -1.27. The van der Waals surface area contributed by atoms with Crippen LogP contribution in [0.1, 0.15) is 26.7 Å². The summed E-state index contributed by atoms with van der Waals surface area (Å²) < 4.78 is 0. The molecule has 1 heterocycles. The monoisotopic (exact) mass is 784 g/mol. The zero-order valence-corrected chi connectivity index (χ0v) is 31.5. The Hall–Kier alpha value is -5.71. The Balaban J connectivity index is 1.07. The molecular weight excluding hydrogens is 756 g/mol. The molecule has 0 spiro atoms. The lowest BCUT2D eigenvalue weighted by Gasteiger charge is -2.17. The minimum absolute atomic E-state index is 0.0518. The van der Waals surface area contributed by atoms with Crippen molar-refractivity contribution in [2.24, 2.45) is 0 Å². The van der Waals surface area contributed by atoms with Gasteiger partial charge in [-0.05, 0) is 77.0 Å². The lowest BCUT2D eigenvalue weighted by molar-refractivity contribution is -0.116. The van der Waals surface area contributed by atoms with Gasteiger partial charge < -0.3 is 16.0 Å². The molecule has 11 heteroatoms. The van der Waals surface area contributed by atoms with Crippen molar-refractivity contribution in [2.45, 2.75) is 10.1 Å². The molecule has 0 aliphatic rings. The summed E-state index contributed by atoms with van der Waals surface area (Å²) >= 11 is 15.5. The third-order valence-electron chi connectivity index (χ3n) is 8.30. The summed E-state index contributed by atoms with van der Waals surface area (Å²) in [5.41, 5.74) is 3.77. The summed E-state index contributed by atoms with van der Waals surface area (Å²) in [6.45, 7) is 0. The van der Waals surface area contributed by atoms with Gasteiger partial charge in [-0.2, -0.15) is 0 Å². The van der Waals surface area contributed by atoms with Crippen LogP contribution in [0.4, 0.5) is 10.8 Å². The van der Waals surface area contributed by atoms with Crippen LogP contribution in [-0.2, 0) is 9.59 Å². The Morgan fingerprint density at radius 2 is 1.37 bits per heavy atom. The number of nitrogens with zero attached hydrogens (tertiary/aromatic N) is 1. The van der Waals surface area contributed by atoms with Crippen molar-refractivity contribution in [1.82, 2.24) is 10.3 Å². The number of anilines is 2. The Labute approximate surface area is 330 Å². The highest BCUT2D eigenvalue weighted by Crippen LogP contribution is 2.38. The first-order valence-electron chi connectivity index (χ1n) is 16.7. The molecule has 0 saturated carbocycles. The standard InChI is InChI=1S/C43H30Cl2N4O3S2/c44-35-16-9-17-36(45)34(35)25-37(47-40(50)29-13-5-2-6-14-29)41(51)46-32-20-22-33(23-21-32)54-39(28-11-3-1-4-12-28)42(52)49-43-48-38(26-53-43)31-19-18-27-10-7-8-15-30(27)24-31/h1-26,39H,(H,46,51)(H,47,50)(H,48,49,52)/b37-25-. The number of fused-ring (bicyclic) bond motifs is 1.